The first kappa shape index (κ1) is 14.7. The second-order valence-electron chi connectivity index (χ2n) is 5.59. The van der Waals surface area contributed by atoms with Gasteiger partial charge in [0.15, 0.2) is 0 Å². The lowest BCUT2D eigenvalue weighted by Crippen LogP contribution is -2.14. The number of hydrogen-bond acceptors (Lipinski definition) is 2. The minimum Gasteiger partial charge on any atom is -0.359 e. The Kier molecular flexibility index (Phi) is 3.45. The van der Waals surface area contributed by atoms with E-state index in [1.165, 1.54) is 0 Å². The van der Waals surface area contributed by atoms with Crippen molar-refractivity contribution in [1.29, 1.82) is 0 Å². The van der Waals surface area contributed by atoms with E-state index < -0.39 is 10.0 Å². The number of anilines is 1. The molecule has 0 bridgehead atoms. The lowest BCUT2D eigenvalue weighted by Gasteiger charge is -2.11. The molecule has 0 fully saturated rings. The fourth-order valence-electron chi connectivity index (χ4n) is 2.68. The molecule has 3 rings (SSSR count). The van der Waals surface area contributed by atoms with E-state index in [4.69, 9.17) is 0 Å². The third-order valence-electron chi connectivity index (χ3n) is 3.66. The number of fused-ring (bicyclic) bond motifs is 1. The van der Waals surface area contributed by atoms with Gasteiger partial charge < -0.3 is 4.98 Å². The van der Waals surface area contributed by atoms with Gasteiger partial charge in [-0.25, -0.2) is 8.42 Å². The Morgan fingerprint density at radius 3 is 2.50 bits per heavy atom. The Morgan fingerprint density at radius 2 is 1.77 bits per heavy atom. The highest BCUT2D eigenvalue weighted by atomic mass is 32.2. The molecule has 0 saturated heterocycles. The number of rotatable bonds is 3. The van der Waals surface area contributed by atoms with Crippen molar-refractivity contribution < 1.29 is 8.42 Å². The van der Waals surface area contributed by atoms with Gasteiger partial charge in [-0.1, -0.05) is 23.8 Å². The molecule has 114 valence electrons. The normalized spacial score (nSPS) is 11.8. The number of benzene rings is 2. The van der Waals surface area contributed by atoms with Gasteiger partial charge in [0.25, 0.3) is 10.0 Å². The van der Waals surface area contributed by atoms with Crippen molar-refractivity contribution in [1.82, 2.24) is 4.98 Å². The summed E-state index contributed by atoms with van der Waals surface area (Å²) in [7, 11) is -3.61. The molecule has 4 nitrogen and oxygen atoms in total. The van der Waals surface area contributed by atoms with Crippen LogP contribution in [0.4, 0.5) is 5.69 Å². The van der Waals surface area contributed by atoms with Crippen LogP contribution in [0.15, 0.2) is 47.4 Å². The first-order chi connectivity index (χ1) is 10.4. The van der Waals surface area contributed by atoms with E-state index in [1.807, 2.05) is 51.1 Å². The van der Waals surface area contributed by atoms with Crippen molar-refractivity contribution in [2.45, 2.75) is 25.7 Å². The lowest BCUT2D eigenvalue weighted by atomic mass is 10.2. The Labute approximate surface area is 130 Å². The average molecular weight is 314 g/mol. The summed E-state index contributed by atoms with van der Waals surface area (Å²) < 4.78 is 28.0. The van der Waals surface area contributed by atoms with Crippen LogP contribution in [0.1, 0.15) is 16.8 Å². The average Bonchev–Trinajstić information content (AvgIpc) is 2.79. The summed E-state index contributed by atoms with van der Waals surface area (Å²) >= 11 is 0. The van der Waals surface area contributed by atoms with Crippen molar-refractivity contribution in [3.63, 3.8) is 0 Å². The number of aryl methyl sites for hydroxylation is 3. The van der Waals surface area contributed by atoms with Crippen LogP contribution in [0.2, 0.25) is 0 Å². The van der Waals surface area contributed by atoms with Gasteiger partial charge in [0.2, 0.25) is 0 Å². The molecule has 0 aliphatic carbocycles. The number of aromatic nitrogens is 1. The Bertz CT molecular complexity index is 956. The number of H-pyrrole nitrogens is 1. The molecule has 0 aliphatic rings. The predicted molar refractivity (Wildman–Crippen MR) is 89.8 cm³/mol. The van der Waals surface area contributed by atoms with E-state index in [9.17, 15) is 8.42 Å². The summed E-state index contributed by atoms with van der Waals surface area (Å²) in [4.78, 5) is 3.52. The summed E-state index contributed by atoms with van der Waals surface area (Å²) in [5.74, 6) is 0. The number of sulfonamides is 1. The van der Waals surface area contributed by atoms with Gasteiger partial charge in [0.1, 0.15) is 0 Å². The second-order valence-corrected chi connectivity index (χ2v) is 7.24. The maximum Gasteiger partial charge on any atom is 0.262 e. The van der Waals surface area contributed by atoms with Crippen LogP contribution in [0.3, 0.4) is 0 Å². The first-order valence-electron chi connectivity index (χ1n) is 7.05. The molecule has 1 heterocycles. The summed E-state index contributed by atoms with van der Waals surface area (Å²) in [5.41, 5.74) is 4.28. The maximum absolute atomic E-state index is 12.7. The van der Waals surface area contributed by atoms with Crippen LogP contribution >= 0.6 is 0 Å². The molecule has 0 unspecified atom stereocenters. The van der Waals surface area contributed by atoms with Crippen molar-refractivity contribution in [2.24, 2.45) is 0 Å². The standard InChI is InChI=1S/C17H18N2O2S/c1-11-7-8-17(12(2)9-11)22(20,21)19-16-6-4-5-15-14(16)10-13(3)18-15/h4-10,18-19H,1-3H3. The third-order valence-corrected chi connectivity index (χ3v) is 5.19. The summed E-state index contributed by atoms with van der Waals surface area (Å²) in [6.07, 6.45) is 0. The number of hydrogen-bond donors (Lipinski definition) is 2. The van der Waals surface area contributed by atoms with E-state index in [1.54, 1.807) is 12.1 Å². The minimum absolute atomic E-state index is 0.308. The molecule has 0 aliphatic heterocycles. The number of nitrogens with one attached hydrogen (secondary N) is 2. The molecule has 0 radical (unpaired) electrons. The molecule has 0 amide bonds. The van der Waals surface area contributed by atoms with Crippen LogP contribution in [-0.2, 0) is 10.0 Å². The van der Waals surface area contributed by atoms with Crippen molar-refractivity contribution >= 4 is 26.6 Å². The highest BCUT2D eigenvalue weighted by molar-refractivity contribution is 7.92. The molecule has 0 spiro atoms. The maximum atomic E-state index is 12.7. The van der Waals surface area contributed by atoms with Crippen LogP contribution in [0.25, 0.3) is 10.9 Å². The summed E-state index contributed by atoms with van der Waals surface area (Å²) in [6, 6.07) is 12.8. The smallest absolute Gasteiger partial charge is 0.262 e. The molecule has 2 N–H and O–H groups in total. The Morgan fingerprint density at radius 1 is 1.00 bits per heavy atom. The predicted octanol–water partition coefficient (Wildman–Crippen LogP) is 3.89. The van der Waals surface area contributed by atoms with Gasteiger partial charge in [-0.05, 0) is 50.6 Å². The van der Waals surface area contributed by atoms with Gasteiger partial charge in [-0.2, -0.15) is 0 Å². The van der Waals surface area contributed by atoms with Crippen LogP contribution < -0.4 is 4.72 Å². The van der Waals surface area contributed by atoms with Crippen molar-refractivity contribution in [3.05, 3.63) is 59.3 Å². The third kappa shape index (κ3) is 2.60. The van der Waals surface area contributed by atoms with Gasteiger partial charge >= 0.3 is 0 Å². The van der Waals surface area contributed by atoms with Gasteiger partial charge in [0, 0.05) is 16.6 Å². The zero-order valence-corrected chi connectivity index (χ0v) is 13.6. The SMILES string of the molecule is Cc1ccc(S(=O)(=O)Nc2cccc3[nH]c(C)cc23)c(C)c1. The highest BCUT2D eigenvalue weighted by Gasteiger charge is 2.18. The van der Waals surface area contributed by atoms with Crippen molar-refractivity contribution in [3.8, 4) is 0 Å². The summed E-state index contributed by atoms with van der Waals surface area (Å²) in [6.45, 7) is 5.70. The number of aromatic amines is 1. The molecule has 3 aromatic rings. The molecule has 2 aromatic carbocycles. The Balaban J connectivity index is 2.07. The molecule has 0 atom stereocenters. The summed E-state index contributed by atoms with van der Waals surface area (Å²) in [5, 5.41) is 0.869. The molecule has 22 heavy (non-hydrogen) atoms. The topological polar surface area (TPSA) is 62.0 Å². The fraction of sp³-hybridized carbons (Fsp3) is 0.176. The van der Waals surface area contributed by atoms with E-state index in [-0.39, 0.29) is 0 Å². The second kappa shape index (κ2) is 5.18. The molecule has 1 aromatic heterocycles. The monoisotopic (exact) mass is 314 g/mol. The van der Waals surface area contributed by atoms with E-state index in [2.05, 4.69) is 9.71 Å². The van der Waals surface area contributed by atoms with Crippen LogP contribution in [0, 0.1) is 20.8 Å². The van der Waals surface area contributed by atoms with Gasteiger partial charge in [0.05, 0.1) is 10.6 Å². The van der Waals surface area contributed by atoms with Gasteiger partial charge in [-0.15, -0.1) is 0 Å². The van der Waals surface area contributed by atoms with Crippen LogP contribution in [0.5, 0.6) is 0 Å². The van der Waals surface area contributed by atoms with E-state index >= 15 is 0 Å². The van der Waals surface area contributed by atoms with E-state index in [0.29, 0.717) is 10.6 Å². The first-order valence-corrected chi connectivity index (χ1v) is 8.53. The molecular formula is C17H18N2O2S. The zero-order valence-electron chi connectivity index (χ0n) is 12.8. The van der Waals surface area contributed by atoms with Crippen molar-refractivity contribution in [2.75, 3.05) is 4.72 Å². The highest BCUT2D eigenvalue weighted by Crippen LogP contribution is 2.27. The largest absolute Gasteiger partial charge is 0.359 e. The minimum atomic E-state index is -3.61. The molecule has 5 heteroatoms. The zero-order chi connectivity index (χ0) is 15.9. The van der Waals surface area contributed by atoms with Gasteiger partial charge in [-0.3, -0.25) is 4.72 Å². The van der Waals surface area contributed by atoms with Crippen LogP contribution in [-0.4, -0.2) is 13.4 Å². The molecule has 0 saturated carbocycles. The van der Waals surface area contributed by atoms with E-state index in [0.717, 1.165) is 27.7 Å². The lowest BCUT2D eigenvalue weighted by molar-refractivity contribution is 0.600. The quantitative estimate of drug-likeness (QED) is 0.770. The Hall–Kier alpha value is -2.27. The fourth-order valence-corrected chi connectivity index (χ4v) is 3.99. The molecular weight excluding hydrogens is 296 g/mol.